The summed E-state index contributed by atoms with van der Waals surface area (Å²) >= 11 is 0. The van der Waals surface area contributed by atoms with Gasteiger partial charge in [0, 0.05) is 6.20 Å². The summed E-state index contributed by atoms with van der Waals surface area (Å²) in [7, 11) is 0. The van der Waals surface area contributed by atoms with Gasteiger partial charge in [-0.05, 0) is 42.3 Å². The maximum Gasteiger partial charge on any atom is 0.416 e. The molecule has 0 radical (unpaired) electrons. The fraction of sp³-hybridized carbons (Fsp3) is 0.200. The number of hydrogen-bond acceptors (Lipinski definition) is 2. The number of carbonyl (C=O) groups is 1. The molecule has 1 N–H and O–H groups in total. The smallest absolute Gasteiger partial charge is 0.349 e. The van der Waals surface area contributed by atoms with Gasteiger partial charge in [-0.2, -0.15) is 18.3 Å². The topological polar surface area (TPSA) is 46.9 Å². The highest BCUT2D eigenvalue weighted by atomic mass is 19.4. The number of benzene rings is 2. The maximum atomic E-state index is 12.8. The van der Waals surface area contributed by atoms with Gasteiger partial charge in [-0.1, -0.05) is 30.3 Å². The molecule has 2 aromatic carbocycles. The summed E-state index contributed by atoms with van der Waals surface area (Å²) in [5.41, 5.74) is 1.26. The van der Waals surface area contributed by atoms with Gasteiger partial charge in [0.15, 0.2) is 0 Å². The van der Waals surface area contributed by atoms with Crippen molar-refractivity contribution in [1.82, 2.24) is 15.1 Å². The molecule has 0 bridgehead atoms. The summed E-state index contributed by atoms with van der Waals surface area (Å²) < 4.78 is 40.1. The average Bonchev–Trinajstić information content (AvgIpc) is 3.10. The van der Waals surface area contributed by atoms with Crippen LogP contribution in [-0.4, -0.2) is 15.7 Å². The van der Waals surface area contributed by atoms with E-state index >= 15 is 0 Å². The van der Waals surface area contributed by atoms with Crippen molar-refractivity contribution in [2.24, 2.45) is 0 Å². The van der Waals surface area contributed by atoms with Gasteiger partial charge >= 0.3 is 6.18 Å². The highest BCUT2D eigenvalue weighted by molar-refractivity contribution is 5.78. The first-order chi connectivity index (χ1) is 12.8. The third-order valence-electron chi connectivity index (χ3n) is 4.11. The van der Waals surface area contributed by atoms with Crippen LogP contribution in [-0.2, 0) is 17.4 Å². The Bertz CT molecular complexity index is 919. The van der Waals surface area contributed by atoms with E-state index in [1.807, 2.05) is 30.3 Å². The molecule has 1 amide bonds. The summed E-state index contributed by atoms with van der Waals surface area (Å²) in [6.07, 6.45) is -0.965. The zero-order chi connectivity index (χ0) is 19.4. The van der Waals surface area contributed by atoms with Crippen molar-refractivity contribution in [2.45, 2.75) is 25.6 Å². The van der Waals surface area contributed by atoms with E-state index in [0.717, 1.165) is 17.8 Å². The van der Waals surface area contributed by atoms with Crippen LogP contribution in [0.3, 0.4) is 0 Å². The molecule has 0 spiro atoms. The number of amides is 1. The molecule has 1 heterocycles. The van der Waals surface area contributed by atoms with Crippen molar-refractivity contribution in [2.75, 3.05) is 0 Å². The fourth-order valence-corrected chi connectivity index (χ4v) is 2.72. The maximum absolute atomic E-state index is 12.8. The van der Waals surface area contributed by atoms with Crippen LogP contribution in [0, 0.1) is 0 Å². The molecule has 0 saturated heterocycles. The SMILES string of the molecule is C[C@@H](NC(=O)Cc1cnn(-c2ccccc2)c1)c1cccc(C(F)(F)F)c1. The Balaban J connectivity index is 1.64. The second-order valence-corrected chi connectivity index (χ2v) is 6.22. The van der Waals surface area contributed by atoms with Crippen molar-refractivity contribution >= 4 is 5.91 Å². The fourth-order valence-electron chi connectivity index (χ4n) is 2.72. The Labute approximate surface area is 154 Å². The lowest BCUT2D eigenvalue weighted by molar-refractivity contribution is -0.137. The van der Waals surface area contributed by atoms with Crippen molar-refractivity contribution in [3.63, 3.8) is 0 Å². The molecular weight excluding hydrogens is 355 g/mol. The number of para-hydroxylation sites is 1. The number of hydrogen-bond donors (Lipinski definition) is 1. The molecule has 1 aromatic heterocycles. The van der Waals surface area contributed by atoms with Crippen molar-refractivity contribution in [1.29, 1.82) is 0 Å². The average molecular weight is 373 g/mol. The van der Waals surface area contributed by atoms with E-state index in [-0.39, 0.29) is 12.3 Å². The first-order valence-electron chi connectivity index (χ1n) is 8.38. The van der Waals surface area contributed by atoms with Crippen LogP contribution >= 0.6 is 0 Å². The van der Waals surface area contributed by atoms with E-state index in [4.69, 9.17) is 0 Å². The number of halogens is 3. The highest BCUT2D eigenvalue weighted by Crippen LogP contribution is 2.30. The predicted octanol–water partition coefficient (Wildman–Crippen LogP) is 4.31. The van der Waals surface area contributed by atoms with Gasteiger partial charge in [-0.15, -0.1) is 0 Å². The minimum atomic E-state index is -4.41. The van der Waals surface area contributed by atoms with Crippen LogP contribution in [0.2, 0.25) is 0 Å². The summed E-state index contributed by atoms with van der Waals surface area (Å²) in [5, 5.41) is 6.96. The molecule has 0 saturated carbocycles. The van der Waals surface area contributed by atoms with Crippen LogP contribution in [0.1, 0.15) is 29.7 Å². The lowest BCUT2D eigenvalue weighted by atomic mass is 10.0. The highest BCUT2D eigenvalue weighted by Gasteiger charge is 2.30. The molecule has 0 aliphatic rings. The number of rotatable bonds is 5. The minimum Gasteiger partial charge on any atom is -0.349 e. The first-order valence-corrected chi connectivity index (χ1v) is 8.38. The zero-order valence-corrected chi connectivity index (χ0v) is 14.6. The van der Waals surface area contributed by atoms with E-state index in [1.165, 1.54) is 6.07 Å². The summed E-state index contributed by atoms with van der Waals surface area (Å²) in [6.45, 7) is 1.65. The molecule has 1 atom stereocenters. The van der Waals surface area contributed by atoms with Crippen LogP contribution in [0.15, 0.2) is 67.0 Å². The molecule has 3 aromatic rings. The van der Waals surface area contributed by atoms with Gasteiger partial charge in [0.25, 0.3) is 0 Å². The van der Waals surface area contributed by atoms with Crippen molar-refractivity contribution < 1.29 is 18.0 Å². The number of nitrogens with one attached hydrogen (secondary N) is 1. The Hall–Kier alpha value is -3.09. The quantitative estimate of drug-likeness (QED) is 0.724. The summed E-state index contributed by atoms with van der Waals surface area (Å²) in [6, 6.07) is 13.9. The zero-order valence-electron chi connectivity index (χ0n) is 14.6. The van der Waals surface area contributed by atoms with Crippen LogP contribution in [0.5, 0.6) is 0 Å². The van der Waals surface area contributed by atoms with Crippen molar-refractivity contribution in [3.8, 4) is 5.69 Å². The number of alkyl halides is 3. The van der Waals surface area contributed by atoms with Crippen LogP contribution < -0.4 is 5.32 Å². The van der Waals surface area contributed by atoms with E-state index in [0.29, 0.717) is 11.1 Å². The van der Waals surface area contributed by atoms with E-state index in [2.05, 4.69) is 10.4 Å². The summed E-state index contributed by atoms with van der Waals surface area (Å²) in [5.74, 6) is -0.285. The minimum absolute atomic E-state index is 0.0934. The van der Waals surface area contributed by atoms with E-state index < -0.39 is 17.8 Å². The third kappa shape index (κ3) is 4.75. The molecule has 3 rings (SSSR count). The third-order valence-corrected chi connectivity index (χ3v) is 4.11. The number of aromatic nitrogens is 2. The molecule has 27 heavy (non-hydrogen) atoms. The number of nitrogens with zero attached hydrogens (tertiary/aromatic N) is 2. The van der Waals surface area contributed by atoms with Crippen LogP contribution in [0.4, 0.5) is 13.2 Å². The molecule has 0 aliphatic carbocycles. The lowest BCUT2D eigenvalue weighted by Gasteiger charge is -2.16. The number of carbonyl (C=O) groups excluding carboxylic acids is 1. The molecular formula is C20H18F3N3O. The van der Waals surface area contributed by atoms with Gasteiger partial charge in [-0.3, -0.25) is 4.79 Å². The molecule has 0 aliphatic heterocycles. The molecule has 140 valence electrons. The first kappa shape index (κ1) is 18.7. The Morgan fingerprint density at radius 3 is 2.59 bits per heavy atom. The predicted molar refractivity (Wildman–Crippen MR) is 95.3 cm³/mol. The normalized spacial score (nSPS) is 12.6. The molecule has 0 fully saturated rings. The van der Waals surface area contributed by atoms with Gasteiger partial charge in [-0.25, -0.2) is 4.68 Å². The molecule has 4 nitrogen and oxygen atoms in total. The molecule has 0 unspecified atom stereocenters. The largest absolute Gasteiger partial charge is 0.416 e. The van der Waals surface area contributed by atoms with E-state index in [9.17, 15) is 18.0 Å². The lowest BCUT2D eigenvalue weighted by Crippen LogP contribution is -2.28. The Morgan fingerprint density at radius 2 is 1.89 bits per heavy atom. The monoisotopic (exact) mass is 373 g/mol. The van der Waals surface area contributed by atoms with Crippen LogP contribution in [0.25, 0.3) is 5.69 Å². The van der Waals surface area contributed by atoms with E-state index in [1.54, 1.807) is 30.1 Å². The van der Waals surface area contributed by atoms with Gasteiger partial charge < -0.3 is 5.32 Å². The summed E-state index contributed by atoms with van der Waals surface area (Å²) in [4.78, 5) is 12.3. The Morgan fingerprint density at radius 1 is 1.15 bits per heavy atom. The Kier molecular flexibility index (Phi) is 5.30. The van der Waals surface area contributed by atoms with Crippen molar-refractivity contribution in [3.05, 3.63) is 83.7 Å². The second-order valence-electron chi connectivity index (χ2n) is 6.22. The standard InChI is InChI=1S/C20H18F3N3O/c1-14(16-6-5-7-17(11-16)20(21,22)23)25-19(27)10-15-12-24-26(13-15)18-8-3-2-4-9-18/h2-9,11-14H,10H2,1H3,(H,25,27)/t14-/m1/s1. The van der Waals surface area contributed by atoms with Gasteiger partial charge in [0.2, 0.25) is 5.91 Å². The second kappa shape index (κ2) is 7.65. The van der Waals surface area contributed by atoms with Gasteiger partial charge in [0.1, 0.15) is 0 Å². The van der Waals surface area contributed by atoms with Gasteiger partial charge in [0.05, 0.1) is 29.9 Å². The molecule has 7 heteroatoms.